The van der Waals surface area contributed by atoms with Crippen molar-refractivity contribution in [3.63, 3.8) is 0 Å². The molecule has 0 aliphatic rings. The van der Waals surface area contributed by atoms with Crippen LogP contribution in [0.3, 0.4) is 0 Å². The van der Waals surface area contributed by atoms with E-state index in [2.05, 4.69) is 24.3 Å². The van der Waals surface area contributed by atoms with Crippen LogP contribution in [0.15, 0.2) is 88.7 Å². The SMILES string of the molecule is O=C(O)c1cccc(SCc2ccccc2)c1SCc1ccccc1. The Balaban J connectivity index is 1.81. The molecule has 0 heterocycles. The third-order valence-corrected chi connectivity index (χ3v) is 6.14. The monoisotopic (exact) mass is 366 g/mol. The molecule has 0 amide bonds. The second-order valence-corrected chi connectivity index (χ2v) is 7.49. The molecule has 0 atom stereocenters. The molecule has 2 nitrogen and oxygen atoms in total. The first-order valence-electron chi connectivity index (χ1n) is 7.94. The van der Waals surface area contributed by atoms with Gasteiger partial charge >= 0.3 is 5.97 Å². The van der Waals surface area contributed by atoms with E-state index in [1.165, 1.54) is 11.1 Å². The fourth-order valence-corrected chi connectivity index (χ4v) is 4.72. The Morgan fingerprint density at radius 2 is 1.28 bits per heavy atom. The van der Waals surface area contributed by atoms with Gasteiger partial charge in [-0.3, -0.25) is 0 Å². The molecular formula is C21H18O2S2. The molecule has 0 fully saturated rings. The Hall–Kier alpha value is -2.17. The van der Waals surface area contributed by atoms with Gasteiger partial charge in [-0.05, 0) is 23.3 Å². The molecule has 1 N–H and O–H groups in total. The Bertz CT molecular complexity index is 833. The molecule has 126 valence electrons. The molecule has 3 aromatic rings. The van der Waals surface area contributed by atoms with Crippen LogP contribution in [0.1, 0.15) is 21.5 Å². The Kier molecular flexibility index (Phi) is 6.20. The minimum atomic E-state index is -0.877. The smallest absolute Gasteiger partial charge is 0.336 e. The van der Waals surface area contributed by atoms with Gasteiger partial charge in [0.25, 0.3) is 0 Å². The lowest BCUT2D eigenvalue weighted by atomic mass is 10.2. The number of aromatic carboxylic acids is 1. The van der Waals surface area contributed by atoms with Gasteiger partial charge in [0, 0.05) is 21.3 Å². The zero-order chi connectivity index (χ0) is 17.5. The highest BCUT2D eigenvalue weighted by atomic mass is 32.2. The first kappa shape index (κ1) is 17.6. The standard InChI is InChI=1S/C21H18O2S2/c22-21(23)18-12-7-13-19(24-14-16-8-3-1-4-9-16)20(18)25-15-17-10-5-2-6-11-17/h1-13H,14-15H2,(H,22,23). The molecule has 0 saturated carbocycles. The maximum atomic E-state index is 11.6. The predicted molar refractivity (Wildman–Crippen MR) is 105 cm³/mol. The van der Waals surface area contributed by atoms with Gasteiger partial charge in [-0.1, -0.05) is 66.7 Å². The second kappa shape index (κ2) is 8.79. The average molecular weight is 367 g/mol. The lowest BCUT2D eigenvalue weighted by Gasteiger charge is -2.12. The van der Waals surface area contributed by atoms with Crippen molar-refractivity contribution in [2.45, 2.75) is 21.3 Å². The molecule has 25 heavy (non-hydrogen) atoms. The van der Waals surface area contributed by atoms with Gasteiger partial charge in [0.05, 0.1) is 5.56 Å². The molecule has 0 spiro atoms. The Morgan fingerprint density at radius 3 is 1.84 bits per heavy atom. The van der Waals surface area contributed by atoms with Crippen LogP contribution in [0.5, 0.6) is 0 Å². The van der Waals surface area contributed by atoms with Crippen molar-refractivity contribution in [3.8, 4) is 0 Å². The number of carboxylic acid groups (broad SMARTS) is 1. The summed E-state index contributed by atoms with van der Waals surface area (Å²) in [5.74, 6) is 0.699. The lowest BCUT2D eigenvalue weighted by Crippen LogP contribution is -2.00. The molecule has 3 rings (SSSR count). The van der Waals surface area contributed by atoms with Crippen molar-refractivity contribution in [1.82, 2.24) is 0 Å². The first-order valence-corrected chi connectivity index (χ1v) is 9.91. The first-order chi connectivity index (χ1) is 12.2. The summed E-state index contributed by atoms with van der Waals surface area (Å²) in [7, 11) is 0. The number of hydrogen-bond acceptors (Lipinski definition) is 3. The average Bonchev–Trinajstić information content (AvgIpc) is 2.66. The maximum Gasteiger partial charge on any atom is 0.336 e. The molecule has 3 aromatic carbocycles. The number of carbonyl (C=O) groups is 1. The van der Waals surface area contributed by atoms with E-state index in [0.717, 1.165) is 21.3 Å². The van der Waals surface area contributed by atoms with E-state index >= 15 is 0 Å². The summed E-state index contributed by atoms with van der Waals surface area (Å²) in [6, 6.07) is 25.9. The van der Waals surface area contributed by atoms with E-state index in [1.54, 1.807) is 29.6 Å². The van der Waals surface area contributed by atoms with Crippen LogP contribution in [-0.2, 0) is 11.5 Å². The van der Waals surface area contributed by atoms with Gasteiger partial charge in [0.15, 0.2) is 0 Å². The summed E-state index contributed by atoms with van der Waals surface area (Å²) in [5.41, 5.74) is 2.79. The van der Waals surface area contributed by atoms with Crippen molar-refractivity contribution in [3.05, 3.63) is 95.6 Å². The fourth-order valence-electron chi connectivity index (χ4n) is 2.41. The highest BCUT2D eigenvalue weighted by molar-refractivity contribution is 8.01. The Morgan fingerprint density at radius 1 is 0.720 bits per heavy atom. The molecule has 0 aromatic heterocycles. The third kappa shape index (κ3) is 4.91. The van der Waals surface area contributed by atoms with Gasteiger partial charge in [-0.15, -0.1) is 23.5 Å². The van der Waals surface area contributed by atoms with Crippen LogP contribution in [0.25, 0.3) is 0 Å². The molecule has 0 aliphatic carbocycles. The number of rotatable bonds is 7. The predicted octanol–water partition coefficient (Wildman–Crippen LogP) is 5.97. The highest BCUT2D eigenvalue weighted by Gasteiger charge is 2.15. The van der Waals surface area contributed by atoms with Crippen molar-refractivity contribution in [1.29, 1.82) is 0 Å². The number of thioether (sulfide) groups is 2. The second-order valence-electron chi connectivity index (χ2n) is 5.49. The van der Waals surface area contributed by atoms with Crippen LogP contribution in [-0.4, -0.2) is 11.1 Å². The van der Waals surface area contributed by atoms with E-state index in [0.29, 0.717) is 5.56 Å². The summed E-state index contributed by atoms with van der Waals surface area (Å²) in [6.45, 7) is 0. The van der Waals surface area contributed by atoms with E-state index in [1.807, 2.05) is 48.5 Å². The van der Waals surface area contributed by atoms with Crippen LogP contribution < -0.4 is 0 Å². The zero-order valence-electron chi connectivity index (χ0n) is 13.6. The quantitative estimate of drug-likeness (QED) is 0.523. The molecule has 0 saturated heterocycles. The van der Waals surface area contributed by atoms with Crippen LogP contribution in [0, 0.1) is 0 Å². The number of hydrogen-bond donors (Lipinski definition) is 1. The highest BCUT2D eigenvalue weighted by Crippen LogP contribution is 2.37. The molecule has 4 heteroatoms. The summed E-state index contributed by atoms with van der Waals surface area (Å²) in [5, 5.41) is 9.55. The summed E-state index contributed by atoms with van der Waals surface area (Å²) in [4.78, 5) is 13.5. The summed E-state index contributed by atoms with van der Waals surface area (Å²) in [6.07, 6.45) is 0. The van der Waals surface area contributed by atoms with Gasteiger partial charge in [-0.25, -0.2) is 4.79 Å². The van der Waals surface area contributed by atoms with E-state index < -0.39 is 5.97 Å². The molecule has 0 radical (unpaired) electrons. The molecule has 0 aliphatic heterocycles. The van der Waals surface area contributed by atoms with Crippen molar-refractivity contribution < 1.29 is 9.90 Å². The van der Waals surface area contributed by atoms with Crippen molar-refractivity contribution >= 4 is 29.5 Å². The van der Waals surface area contributed by atoms with Gasteiger partial charge in [0.2, 0.25) is 0 Å². The number of benzene rings is 3. The summed E-state index contributed by atoms with van der Waals surface area (Å²) >= 11 is 3.27. The number of carboxylic acids is 1. The van der Waals surface area contributed by atoms with E-state index in [-0.39, 0.29) is 0 Å². The maximum absolute atomic E-state index is 11.6. The van der Waals surface area contributed by atoms with Crippen molar-refractivity contribution in [2.75, 3.05) is 0 Å². The van der Waals surface area contributed by atoms with Gasteiger partial charge in [-0.2, -0.15) is 0 Å². The van der Waals surface area contributed by atoms with Gasteiger partial charge < -0.3 is 5.11 Å². The van der Waals surface area contributed by atoms with E-state index in [9.17, 15) is 9.90 Å². The largest absolute Gasteiger partial charge is 0.478 e. The van der Waals surface area contributed by atoms with Crippen LogP contribution in [0.4, 0.5) is 0 Å². The van der Waals surface area contributed by atoms with Crippen LogP contribution in [0.2, 0.25) is 0 Å². The zero-order valence-corrected chi connectivity index (χ0v) is 15.2. The fraction of sp³-hybridized carbons (Fsp3) is 0.0952. The normalized spacial score (nSPS) is 10.6. The molecule has 0 unspecified atom stereocenters. The summed E-state index contributed by atoms with van der Waals surface area (Å²) < 4.78 is 0. The topological polar surface area (TPSA) is 37.3 Å². The molecular weight excluding hydrogens is 348 g/mol. The lowest BCUT2D eigenvalue weighted by molar-refractivity contribution is 0.0692. The van der Waals surface area contributed by atoms with Crippen LogP contribution >= 0.6 is 23.5 Å². The Labute approximate surface area is 156 Å². The van der Waals surface area contributed by atoms with Crippen molar-refractivity contribution in [2.24, 2.45) is 0 Å². The van der Waals surface area contributed by atoms with E-state index in [4.69, 9.17) is 0 Å². The molecule has 0 bridgehead atoms. The van der Waals surface area contributed by atoms with Gasteiger partial charge in [0.1, 0.15) is 0 Å². The minimum absolute atomic E-state index is 0.374. The third-order valence-electron chi connectivity index (χ3n) is 3.67. The minimum Gasteiger partial charge on any atom is -0.478 e.